The van der Waals surface area contributed by atoms with Gasteiger partial charge < -0.3 is 5.11 Å². The monoisotopic (exact) mass is 298 g/mol. The van der Waals surface area contributed by atoms with Crippen LogP contribution in [0, 0.1) is 5.92 Å². The first kappa shape index (κ1) is 16.9. The van der Waals surface area contributed by atoms with Crippen LogP contribution in [0.4, 0.5) is 0 Å². The Labute approximate surface area is 135 Å². The van der Waals surface area contributed by atoms with E-state index in [1.807, 2.05) is 12.1 Å². The van der Waals surface area contributed by atoms with Crippen LogP contribution in [0.5, 0.6) is 5.75 Å². The number of hydrogen-bond donors (Lipinski definition) is 1. The zero-order valence-corrected chi connectivity index (χ0v) is 14.1. The summed E-state index contributed by atoms with van der Waals surface area (Å²) in [6.45, 7) is 4.63. The van der Waals surface area contributed by atoms with Crippen molar-refractivity contribution in [2.45, 2.75) is 65.2 Å². The molecule has 0 amide bonds. The Morgan fingerprint density at radius 1 is 0.864 bits per heavy atom. The summed E-state index contributed by atoms with van der Waals surface area (Å²) < 4.78 is 0. The molecule has 120 valence electrons. The molecule has 1 heteroatoms. The van der Waals surface area contributed by atoms with Gasteiger partial charge >= 0.3 is 0 Å². The predicted molar refractivity (Wildman–Crippen MR) is 96.5 cm³/mol. The third-order valence-electron chi connectivity index (χ3n) is 4.52. The van der Waals surface area contributed by atoms with Gasteiger partial charge in [0.1, 0.15) is 5.75 Å². The molecular formula is C21H30O. The Bertz CT molecular complexity index is 573. The number of benzene rings is 2. The smallest absolute Gasteiger partial charge is 0.116 e. The number of hydrogen-bond acceptors (Lipinski definition) is 1. The van der Waals surface area contributed by atoms with Crippen LogP contribution < -0.4 is 0 Å². The fourth-order valence-electron chi connectivity index (χ4n) is 3.19. The summed E-state index contributed by atoms with van der Waals surface area (Å²) in [4.78, 5) is 0. The Kier molecular flexibility index (Phi) is 6.76. The van der Waals surface area contributed by atoms with Crippen LogP contribution in [0.25, 0.3) is 10.8 Å². The van der Waals surface area contributed by atoms with Crippen molar-refractivity contribution in [3.63, 3.8) is 0 Å². The molecule has 0 saturated heterocycles. The summed E-state index contributed by atoms with van der Waals surface area (Å²) in [5.41, 5.74) is 1.39. The van der Waals surface area contributed by atoms with E-state index in [0.29, 0.717) is 5.75 Å². The maximum absolute atomic E-state index is 9.61. The lowest BCUT2D eigenvalue weighted by Gasteiger charge is -2.12. The second-order valence-corrected chi connectivity index (χ2v) is 6.73. The highest BCUT2D eigenvalue weighted by atomic mass is 16.3. The van der Waals surface area contributed by atoms with Crippen LogP contribution in [0.1, 0.15) is 64.4 Å². The fourth-order valence-corrected chi connectivity index (χ4v) is 3.19. The van der Waals surface area contributed by atoms with Crippen molar-refractivity contribution in [3.05, 3.63) is 42.0 Å². The lowest BCUT2D eigenvalue weighted by atomic mass is 9.94. The first-order valence-electron chi connectivity index (χ1n) is 8.90. The van der Waals surface area contributed by atoms with Gasteiger partial charge in [-0.3, -0.25) is 0 Å². The van der Waals surface area contributed by atoms with Gasteiger partial charge in [-0.2, -0.15) is 0 Å². The molecular weight excluding hydrogens is 268 g/mol. The molecule has 0 bridgehead atoms. The zero-order valence-electron chi connectivity index (χ0n) is 14.1. The van der Waals surface area contributed by atoms with Crippen molar-refractivity contribution >= 4 is 10.8 Å². The molecule has 2 aromatic rings. The zero-order chi connectivity index (χ0) is 15.8. The van der Waals surface area contributed by atoms with Crippen LogP contribution in [0.3, 0.4) is 0 Å². The Balaban J connectivity index is 1.80. The summed E-state index contributed by atoms with van der Waals surface area (Å²) in [5.74, 6) is 1.09. The Hall–Kier alpha value is -1.50. The molecule has 0 saturated carbocycles. The minimum Gasteiger partial charge on any atom is -0.508 e. The van der Waals surface area contributed by atoms with Crippen molar-refractivity contribution in [2.24, 2.45) is 5.92 Å². The first-order valence-corrected chi connectivity index (χ1v) is 8.90. The van der Waals surface area contributed by atoms with E-state index in [2.05, 4.69) is 32.0 Å². The van der Waals surface area contributed by atoms with E-state index in [1.165, 1.54) is 55.9 Å². The summed E-state index contributed by atoms with van der Waals surface area (Å²) >= 11 is 0. The Morgan fingerprint density at radius 2 is 1.59 bits per heavy atom. The second-order valence-electron chi connectivity index (χ2n) is 6.73. The number of rotatable bonds is 9. The van der Waals surface area contributed by atoms with Gasteiger partial charge in [0.05, 0.1) is 0 Å². The standard InChI is InChI=1S/C21H30O/c1-3-4-5-6-7-8-9-17(2)14-18-10-11-19-12-13-21(22)16-20(19)15-18/h10-13,15-17,22H,3-9,14H2,1-2H3. The molecule has 0 spiro atoms. The van der Waals surface area contributed by atoms with E-state index in [9.17, 15) is 5.11 Å². The SMILES string of the molecule is CCCCCCCCC(C)Cc1ccc2ccc(O)cc2c1. The van der Waals surface area contributed by atoms with Gasteiger partial charge in [-0.05, 0) is 40.8 Å². The minimum absolute atomic E-state index is 0.352. The first-order chi connectivity index (χ1) is 10.7. The highest BCUT2D eigenvalue weighted by molar-refractivity contribution is 5.84. The molecule has 0 radical (unpaired) electrons. The third-order valence-corrected chi connectivity index (χ3v) is 4.52. The summed E-state index contributed by atoms with van der Waals surface area (Å²) in [5, 5.41) is 11.9. The molecule has 1 unspecified atom stereocenters. The van der Waals surface area contributed by atoms with Crippen molar-refractivity contribution in [3.8, 4) is 5.75 Å². The third kappa shape index (κ3) is 5.36. The van der Waals surface area contributed by atoms with Crippen molar-refractivity contribution < 1.29 is 5.11 Å². The van der Waals surface area contributed by atoms with Gasteiger partial charge in [0.25, 0.3) is 0 Å². The quantitative estimate of drug-likeness (QED) is 0.526. The molecule has 1 atom stereocenters. The van der Waals surface area contributed by atoms with E-state index in [0.717, 1.165) is 17.7 Å². The van der Waals surface area contributed by atoms with E-state index in [4.69, 9.17) is 0 Å². The van der Waals surface area contributed by atoms with Crippen LogP contribution >= 0.6 is 0 Å². The highest BCUT2D eigenvalue weighted by Crippen LogP contribution is 2.23. The predicted octanol–water partition coefficient (Wildman–Crippen LogP) is 6.47. The van der Waals surface area contributed by atoms with E-state index in [1.54, 1.807) is 6.07 Å². The molecule has 0 heterocycles. The average molecular weight is 298 g/mol. The molecule has 0 aromatic heterocycles. The van der Waals surface area contributed by atoms with Gasteiger partial charge in [-0.1, -0.05) is 83.1 Å². The molecule has 22 heavy (non-hydrogen) atoms. The Morgan fingerprint density at radius 3 is 2.41 bits per heavy atom. The number of fused-ring (bicyclic) bond motifs is 1. The second kappa shape index (κ2) is 8.82. The van der Waals surface area contributed by atoms with E-state index >= 15 is 0 Å². The topological polar surface area (TPSA) is 20.2 Å². The maximum atomic E-state index is 9.61. The van der Waals surface area contributed by atoms with Crippen molar-refractivity contribution in [1.82, 2.24) is 0 Å². The van der Waals surface area contributed by atoms with Gasteiger partial charge in [-0.25, -0.2) is 0 Å². The van der Waals surface area contributed by atoms with Crippen LogP contribution in [-0.2, 0) is 6.42 Å². The van der Waals surface area contributed by atoms with E-state index < -0.39 is 0 Å². The van der Waals surface area contributed by atoms with Crippen LogP contribution in [0.2, 0.25) is 0 Å². The lowest BCUT2D eigenvalue weighted by molar-refractivity contribution is 0.476. The molecule has 0 fully saturated rings. The normalized spacial score (nSPS) is 12.6. The molecule has 2 aromatic carbocycles. The summed E-state index contributed by atoms with van der Waals surface area (Å²) in [6.07, 6.45) is 10.7. The fraction of sp³-hybridized carbons (Fsp3) is 0.524. The van der Waals surface area contributed by atoms with Crippen LogP contribution in [-0.4, -0.2) is 5.11 Å². The number of aromatic hydroxyl groups is 1. The maximum Gasteiger partial charge on any atom is 0.116 e. The van der Waals surface area contributed by atoms with Gasteiger partial charge in [0.15, 0.2) is 0 Å². The minimum atomic E-state index is 0.352. The van der Waals surface area contributed by atoms with Crippen molar-refractivity contribution in [1.29, 1.82) is 0 Å². The van der Waals surface area contributed by atoms with Crippen molar-refractivity contribution in [2.75, 3.05) is 0 Å². The lowest BCUT2D eigenvalue weighted by Crippen LogP contribution is -2.00. The summed E-state index contributed by atoms with van der Waals surface area (Å²) in [6, 6.07) is 12.2. The molecule has 0 aliphatic heterocycles. The molecule has 2 rings (SSSR count). The molecule has 1 N–H and O–H groups in total. The van der Waals surface area contributed by atoms with Gasteiger partial charge in [0.2, 0.25) is 0 Å². The van der Waals surface area contributed by atoms with Crippen LogP contribution in [0.15, 0.2) is 36.4 Å². The largest absolute Gasteiger partial charge is 0.508 e. The molecule has 1 nitrogen and oxygen atoms in total. The molecule has 0 aliphatic carbocycles. The highest BCUT2D eigenvalue weighted by Gasteiger charge is 2.05. The number of phenols is 1. The van der Waals surface area contributed by atoms with Gasteiger partial charge in [-0.15, -0.1) is 0 Å². The van der Waals surface area contributed by atoms with Gasteiger partial charge in [0, 0.05) is 0 Å². The number of unbranched alkanes of at least 4 members (excludes halogenated alkanes) is 5. The molecule has 0 aliphatic rings. The number of phenolic OH excluding ortho intramolecular Hbond substituents is 1. The summed E-state index contributed by atoms with van der Waals surface area (Å²) in [7, 11) is 0. The van der Waals surface area contributed by atoms with E-state index in [-0.39, 0.29) is 0 Å². The average Bonchev–Trinajstić information content (AvgIpc) is 2.50.